The molecule has 6 nitrogen and oxygen atoms in total. The molecule has 0 atom stereocenters. The highest BCUT2D eigenvalue weighted by Gasteiger charge is 2.19. The van der Waals surface area contributed by atoms with Crippen LogP contribution in [0.1, 0.15) is 16.8 Å². The third-order valence-corrected chi connectivity index (χ3v) is 3.80. The van der Waals surface area contributed by atoms with Gasteiger partial charge in [0.05, 0.1) is 18.5 Å². The van der Waals surface area contributed by atoms with Gasteiger partial charge in [0.15, 0.2) is 5.78 Å². The summed E-state index contributed by atoms with van der Waals surface area (Å²) in [4.78, 5) is 12.2. The summed E-state index contributed by atoms with van der Waals surface area (Å²) in [6.45, 7) is 1.19. The first-order valence-corrected chi connectivity index (χ1v) is 7.50. The van der Waals surface area contributed by atoms with Crippen LogP contribution in [0.5, 0.6) is 5.75 Å². The second-order valence-corrected chi connectivity index (χ2v) is 5.89. The van der Waals surface area contributed by atoms with Gasteiger partial charge in [-0.1, -0.05) is 21.1 Å². The van der Waals surface area contributed by atoms with Crippen LogP contribution in [0.3, 0.4) is 0 Å². The molecule has 2 heterocycles. The second kappa shape index (κ2) is 5.95. The molecule has 0 radical (unpaired) electrons. The first kappa shape index (κ1) is 14.2. The average Bonchev–Trinajstić information content (AvgIpc) is 3.07. The van der Waals surface area contributed by atoms with E-state index in [0.29, 0.717) is 25.3 Å². The first-order chi connectivity index (χ1) is 10.2. The molecule has 21 heavy (non-hydrogen) atoms. The number of carbonyl (C=O) groups excluding carboxylic acids is 1. The first-order valence-electron chi connectivity index (χ1n) is 6.70. The van der Waals surface area contributed by atoms with E-state index in [2.05, 4.69) is 26.2 Å². The van der Waals surface area contributed by atoms with E-state index >= 15 is 0 Å². The van der Waals surface area contributed by atoms with Crippen LogP contribution >= 0.6 is 15.9 Å². The summed E-state index contributed by atoms with van der Waals surface area (Å²) in [5.41, 5.74) is 8.22. The maximum absolute atomic E-state index is 12.2. The van der Waals surface area contributed by atoms with Gasteiger partial charge in [-0.3, -0.25) is 4.79 Å². The zero-order valence-corrected chi connectivity index (χ0v) is 13.0. The van der Waals surface area contributed by atoms with Crippen molar-refractivity contribution in [3.8, 4) is 5.75 Å². The third-order valence-electron chi connectivity index (χ3n) is 3.35. The summed E-state index contributed by atoms with van der Waals surface area (Å²) in [6.07, 6.45) is 2.90. The molecular weight excluding hydrogens is 336 g/mol. The van der Waals surface area contributed by atoms with Crippen molar-refractivity contribution in [3.63, 3.8) is 0 Å². The van der Waals surface area contributed by atoms with Gasteiger partial charge in [-0.2, -0.15) is 0 Å². The van der Waals surface area contributed by atoms with Gasteiger partial charge < -0.3 is 10.5 Å². The molecule has 1 aromatic heterocycles. The van der Waals surface area contributed by atoms with Crippen LogP contribution in [0.25, 0.3) is 0 Å². The summed E-state index contributed by atoms with van der Waals surface area (Å²) < 4.78 is 8.12. The largest absolute Gasteiger partial charge is 0.493 e. The molecule has 1 aliphatic heterocycles. The molecule has 0 saturated heterocycles. The molecule has 0 saturated carbocycles. The number of hydrogen-bond acceptors (Lipinski definition) is 5. The Kier molecular flexibility index (Phi) is 4.03. The van der Waals surface area contributed by atoms with E-state index in [0.717, 1.165) is 27.8 Å². The molecule has 7 heteroatoms. The molecule has 0 fully saturated rings. The molecule has 1 aromatic carbocycles. The van der Waals surface area contributed by atoms with E-state index in [1.165, 1.54) is 4.68 Å². The zero-order chi connectivity index (χ0) is 14.8. The van der Waals surface area contributed by atoms with Gasteiger partial charge in [-0.25, -0.2) is 4.68 Å². The summed E-state index contributed by atoms with van der Waals surface area (Å²) in [6, 6.07) is 3.98. The maximum Gasteiger partial charge on any atom is 0.158 e. The number of rotatable bonds is 5. The number of halogens is 1. The molecule has 110 valence electrons. The standard InChI is InChI=1S/C14H15BrN4O2/c15-11-3-9-1-2-21-14(9)10(4-11)5-13(20)8-19-7-12(6-16)17-18-19/h3-4,7H,1-2,5-6,8,16H2. The number of aromatic nitrogens is 3. The number of benzene rings is 1. The second-order valence-electron chi connectivity index (χ2n) is 4.98. The van der Waals surface area contributed by atoms with Crippen LogP contribution in [-0.4, -0.2) is 27.4 Å². The average molecular weight is 351 g/mol. The predicted molar refractivity (Wildman–Crippen MR) is 80.0 cm³/mol. The van der Waals surface area contributed by atoms with Crippen molar-refractivity contribution < 1.29 is 9.53 Å². The number of carbonyl (C=O) groups is 1. The Balaban J connectivity index is 1.73. The van der Waals surface area contributed by atoms with E-state index in [1.54, 1.807) is 6.20 Å². The van der Waals surface area contributed by atoms with Crippen LogP contribution in [0.4, 0.5) is 0 Å². The minimum absolute atomic E-state index is 0.0549. The topological polar surface area (TPSA) is 83.0 Å². The highest BCUT2D eigenvalue weighted by molar-refractivity contribution is 9.10. The molecule has 2 aromatic rings. The number of Topliss-reactive ketones (excluding diaryl/α,β-unsaturated/α-hetero) is 1. The van der Waals surface area contributed by atoms with Crippen LogP contribution in [0.2, 0.25) is 0 Å². The molecule has 3 rings (SSSR count). The summed E-state index contributed by atoms with van der Waals surface area (Å²) in [7, 11) is 0. The number of hydrogen-bond donors (Lipinski definition) is 1. The summed E-state index contributed by atoms with van der Waals surface area (Å²) in [5, 5.41) is 7.75. The quantitative estimate of drug-likeness (QED) is 0.877. The number of ketones is 1. The Morgan fingerprint density at radius 3 is 3.10 bits per heavy atom. The predicted octanol–water partition coefficient (Wildman–Crippen LogP) is 1.25. The van der Waals surface area contributed by atoms with Crippen LogP contribution < -0.4 is 10.5 Å². The van der Waals surface area contributed by atoms with Crippen LogP contribution in [0.15, 0.2) is 22.8 Å². The Morgan fingerprint density at radius 1 is 1.48 bits per heavy atom. The molecule has 0 aliphatic carbocycles. The van der Waals surface area contributed by atoms with E-state index in [4.69, 9.17) is 10.5 Å². The molecule has 0 amide bonds. The lowest BCUT2D eigenvalue weighted by molar-refractivity contribution is -0.119. The lowest BCUT2D eigenvalue weighted by Crippen LogP contribution is -2.13. The number of nitrogens with zero attached hydrogens (tertiary/aromatic N) is 3. The smallest absolute Gasteiger partial charge is 0.158 e. The molecule has 1 aliphatic rings. The number of nitrogens with two attached hydrogens (primary N) is 1. The van der Waals surface area contributed by atoms with Gasteiger partial charge in [0.2, 0.25) is 0 Å². The van der Waals surface area contributed by atoms with Crippen molar-refractivity contribution >= 4 is 21.7 Å². The molecule has 2 N–H and O–H groups in total. The lowest BCUT2D eigenvalue weighted by atomic mass is 10.0. The fourth-order valence-corrected chi connectivity index (χ4v) is 2.99. The maximum atomic E-state index is 12.2. The lowest BCUT2D eigenvalue weighted by Gasteiger charge is -2.08. The van der Waals surface area contributed by atoms with Crippen LogP contribution in [0, 0.1) is 0 Å². The minimum Gasteiger partial charge on any atom is -0.493 e. The molecule has 0 bridgehead atoms. The fourth-order valence-electron chi connectivity index (χ4n) is 2.44. The number of fused-ring (bicyclic) bond motifs is 1. The van der Waals surface area contributed by atoms with Crippen molar-refractivity contribution in [1.82, 2.24) is 15.0 Å². The Morgan fingerprint density at radius 2 is 2.33 bits per heavy atom. The van der Waals surface area contributed by atoms with Gasteiger partial charge >= 0.3 is 0 Å². The third kappa shape index (κ3) is 3.14. The fraction of sp³-hybridized carbons (Fsp3) is 0.357. The van der Waals surface area contributed by atoms with Crippen molar-refractivity contribution in [1.29, 1.82) is 0 Å². The van der Waals surface area contributed by atoms with E-state index in [9.17, 15) is 4.79 Å². The van der Waals surface area contributed by atoms with Crippen molar-refractivity contribution in [2.75, 3.05) is 6.61 Å². The molecule has 0 spiro atoms. The van der Waals surface area contributed by atoms with Gasteiger partial charge in [0, 0.05) is 29.4 Å². The van der Waals surface area contributed by atoms with Crippen LogP contribution in [-0.2, 0) is 30.7 Å². The normalized spacial score (nSPS) is 13.0. The monoisotopic (exact) mass is 350 g/mol. The number of ether oxygens (including phenoxy) is 1. The SMILES string of the molecule is NCc1cn(CC(=O)Cc2cc(Br)cc3c2OCC3)nn1. The summed E-state index contributed by atoms with van der Waals surface area (Å²) >= 11 is 3.48. The molecular formula is C14H15BrN4O2. The zero-order valence-electron chi connectivity index (χ0n) is 11.4. The molecule has 0 unspecified atom stereocenters. The van der Waals surface area contributed by atoms with Gasteiger partial charge in [0.1, 0.15) is 12.3 Å². The van der Waals surface area contributed by atoms with Crippen molar-refractivity contribution in [2.45, 2.75) is 25.9 Å². The highest BCUT2D eigenvalue weighted by atomic mass is 79.9. The van der Waals surface area contributed by atoms with E-state index in [1.807, 2.05) is 12.1 Å². The van der Waals surface area contributed by atoms with Gasteiger partial charge in [0.25, 0.3) is 0 Å². The van der Waals surface area contributed by atoms with Crippen molar-refractivity contribution in [3.05, 3.63) is 39.6 Å². The Hall–Kier alpha value is -1.73. The summed E-state index contributed by atoms with van der Waals surface area (Å²) in [5.74, 6) is 0.909. The Labute approximate surface area is 130 Å². The van der Waals surface area contributed by atoms with E-state index in [-0.39, 0.29) is 12.3 Å². The van der Waals surface area contributed by atoms with Gasteiger partial charge in [-0.15, -0.1) is 5.10 Å². The highest BCUT2D eigenvalue weighted by Crippen LogP contribution is 2.33. The van der Waals surface area contributed by atoms with Gasteiger partial charge in [-0.05, 0) is 17.7 Å². The van der Waals surface area contributed by atoms with E-state index < -0.39 is 0 Å². The Bertz CT molecular complexity index is 684. The minimum atomic E-state index is 0.0549. The van der Waals surface area contributed by atoms with Crippen molar-refractivity contribution in [2.24, 2.45) is 5.73 Å².